The largest absolute Gasteiger partial charge is 1.00 e. The summed E-state index contributed by atoms with van der Waals surface area (Å²) in [5.74, 6) is -1.20. The van der Waals surface area contributed by atoms with Crippen molar-refractivity contribution in [3.05, 3.63) is 0 Å². The van der Waals surface area contributed by atoms with E-state index in [1.54, 1.807) is 0 Å². The fraction of sp³-hybridized carbons (Fsp3) is 1.00. The number of ether oxygens (including phenoxy) is 1. The summed E-state index contributed by atoms with van der Waals surface area (Å²) in [5.41, 5.74) is 0. The van der Waals surface area contributed by atoms with Gasteiger partial charge in [0.15, 0.2) is 0 Å². The molecule has 0 saturated carbocycles. The van der Waals surface area contributed by atoms with Gasteiger partial charge >= 0.3 is 29.6 Å². The zero-order valence-corrected chi connectivity index (χ0v) is 11.2. The van der Waals surface area contributed by atoms with Crippen LogP contribution in [0.5, 0.6) is 0 Å². The van der Waals surface area contributed by atoms with E-state index in [9.17, 15) is 16.8 Å². The number of hydrogen-bond acceptors (Lipinski definition) is 5. The molecule has 0 atom stereocenters. The van der Waals surface area contributed by atoms with E-state index in [1.165, 1.54) is 0 Å². The molecule has 0 fully saturated rings. The average molecular weight is 258 g/mol. The molecule has 0 aromatic carbocycles. The molecule has 0 aliphatic heterocycles. The topological polar surface area (TPSA) is 118 Å². The summed E-state index contributed by atoms with van der Waals surface area (Å²) < 4.78 is 61.3. The first-order valence-electron chi connectivity index (χ1n) is 3.19. The Bertz CT molecular complexity index is 302. The maximum absolute atomic E-state index is 10.1. The first-order chi connectivity index (χ1) is 5.71. The van der Waals surface area contributed by atoms with Crippen LogP contribution in [0.1, 0.15) is 1.43 Å². The normalized spacial score (nSPS) is 12.1. The van der Waals surface area contributed by atoms with Gasteiger partial charge in [0.05, 0.1) is 24.7 Å². The van der Waals surface area contributed by atoms with Crippen LogP contribution in [0.3, 0.4) is 0 Å². The molecule has 0 unspecified atom stereocenters. The molecule has 0 radical (unpaired) electrons. The second kappa shape index (κ2) is 7.12. The van der Waals surface area contributed by atoms with Gasteiger partial charge in [0.2, 0.25) is 0 Å². The molecule has 2 N–H and O–H groups in total. The second-order valence-corrected chi connectivity index (χ2v) is 5.33. The van der Waals surface area contributed by atoms with E-state index in [-0.39, 0.29) is 44.2 Å². The first kappa shape index (κ1) is 17.2. The average Bonchev–Trinajstić information content (AvgIpc) is 1.81. The Kier molecular flexibility index (Phi) is 8.74. The Morgan fingerprint density at radius 3 is 1.43 bits per heavy atom. The van der Waals surface area contributed by atoms with Crippen LogP contribution in [0.15, 0.2) is 0 Å². The van der Waals surface area contributed by atoms with Crippen molar-refractivity contribution in [3.63, 3.8) is 0 Å². The molecular formula is C4H11NaO7S2. The summed E-state index contributed by atoms with van der Waals surface area (Å²) in [5, 5.41) is 0. The third kappa shape index (κ3) is 15.3. The molecule has 0 amide bonds. The minimum atomic E-state index is -4.08. The molecule has 0 heterocycles. The first-order valence-corrected chi connectivity index (χ1v) is 6.40. The van der Waals surface area contributed by atoms with Crippen LogP contribution in [0.4, 0.5) is 0 Å². The summed E-state index contributed by atoms with van der Waals surface area (Å²) in [7, 11) is -8.15. The van der Waals surface area contributed by atoms with E-state index >= 15 is 0 Å². The minimum Gasteiger partial charge on any atom is -1.00 e. The van der Waals surface area contributed by atoms with E-state index in [1.807, 2.05) is 0 Å². The third-order valence-corrected chi connectivity index (χ3v) is 2.34. The second-order valence-electron chi connectivity index (χ2n) is 2.18. The van der Waals surface area contributed by atoms with Gasteiger partial charge in [-0.1, -0.05) is 0 Å². The van der Waals surface area contributed by atoms with Gasteiger partial charge < -0.3 is 6.16 Å². The monoisotopic (exact) mass is 258 g/mol. The fourth-order valence-corrected chi connectivity index (χ4v) is 1.09. The van der Waals surface area contributed by atoms with Crippen molar-refractivity contribution in [1.29, 1.82) is 0 Å². The fourth-order valence-electron chi connectivity index (χ4n) is 0.431. The summed E-state index contributed by atoms with van der Waals surface area (Å²) in [6.07, 6.45) is 0. The Morgan fingerprint density at radius 1 is 0.929 bits per heavy atom. The zero-order chi connectivity index (χ0) is 10.5. The van der Waals surface area contributed by atoms with Crippen molar-refractivity contribution < 1.29 is 61.7 Å². The summed E-state index contributed by atoms with van der Waals surface area (Å²) in [4.78, 5) is 0. The van der Waals surface area contributed by atoms with E-state index in [0.29, 0.717) is 0 Å². The molecule has 82 valence electrons. The summed E-state index contributed by atoms with van der Waals surface area (Å²) in [6, 6.07) is 0. The summed E-state index contributed by atoms with van der Waals surface area (Å²) >= 11 is 0. The molecule has 7 nitrogen and oxygen atoms in total. The van der Waals surface area contributed by atoms with Crippen LogP contribution >= 0.6 is 0 Å². The zero-order valence-electron chi connectivity index (χ0n) is 8.58. The smallest absolute Gasteiger partial charge is 1.00 e. The molecule has 10 heteroatoms. The molecule has 0 aliphatic rings. The Labute approximate surface area is 106 Å². The van der Waals surface area contributed by atoms with Crippen molar-refractivity contribution in [2.75, 3.05) is 24.7 Å². The predicted molar refractivity (Wildman–Crippen MR) is 44.8 cm³/mol. The van der Waals surface area contributed by atoms with Gasteiger partial charge in [-0.3, -0.25) is 9.11 Å². The maximum atomic E-state index is 10.1. The van der Waals surface area contributed by atoms with Crippen LogP contribution in [0, 0.1) is 0 Å². The van der Waals surface area contributed by atoms with Crippen molar-refractivity contribution >= 4 is 20.2 Å². The molecule has 0 rings (SSSR count). The van der Waals surface area contributed by atoms with E-state index in [4.69, 9.17) is 9.11 Å². The van der Waals surface area contributed by atoms with Gasteiger partial charge in [-0.15, -0.1) is 0 Å². The van der Waals surface area contributed by atoms with Gasteiger partial charge in [0, 0.05) is 0 Å². The minimum absolute atomic E-state index is 0. The van der Waals surface area contributed by atoms with Crippen LogP contribution in [-0.2, 0) is 25.0 Å². The number of hydrogen-bond donors (Lipinski definition) is 2. The standard InChI is InChI=1S/C4H10O7S2.Na.H/c5-12(6,7)3-1-11-2-4-13(8,9)10;;/h1-4H2,(H,5,6,7)(H,8,9,10);;/q;+1;-1. The van der Waals surface area contributed by atoms with Crippen LogP contribution in [-0.4, -0.2) is 50.7 Å². The molecule has 0 aromatic rings. The quantitative estimate of drug-likeness (QED) is 0.282. The Hall–Kier alpha value is 0.780. The van der Waals surface area contributed by atoms with Gasteiger partial charge in [0.1, 0.15) is 0 Å². The van der Waals surface area contributed by atoms with Crippen LogP contribution < -0.4 is 29.6 Å². The number of rotatable bonds is 6. The Morgan fingerprint density at radius 2 is 1.21 bits per heavy atom. The van der Waals surface area contributed by atoms with Crippen LogP contribution in [0.2, 0.25) is 0 Å². The molecule has 0 bridgehead atoms. The maximum Gasteiger partial charge on any atom is 1.00 e. The molecule has 0 aromatic heterocycles. The van der Waals surface area contributed by atoms with Crippen molar-refractivity contribution in [3.8, 4) is 0 Å². The van der Waals surface area contributed by atoms with Crippen molar-refractivity contribution in [1.82, 2.24) is 0 Å². The third-order valence-electron chi connectivity index (χ3n) is 0.971. The summed E-state index contributed by atoms with van der Waals surface area (Å²) in [6.45, 7) is -0.622. The predicted octanol–water partition coefficient (Wildman–Crippen LogP) is -4.10. The van der Waals surface area contributed by atoms with Gasteiger partial charge in [0.25, 0.3) is 20.2 Å². The molecule has 0 spiro atoms. The molecule has 0 aliphatic carbocycles. The van der Waals surface area contributed by atoms with Gasteiger partial charge in [-0.05, 0) is 0 Å². The van der Waals surface area contributed by atoms with E-state index in [2.05, 4.69) is 4.74 Å². The van der Waals surface area contributed by atoms with Gasteiger partial charge in [-0.2, -0.15) is 16.8 Å². The van der Waals surface area contributed by atoms with E-state index < -0.39 is 31.7 Å². The molecular weight excluding hydrogens is 247 g/mol. The molecule has 0 saturated heterocycles. The Balaban J connectivity index is -0.000000720. The van der Waals surface area contributed by atoms with Crippen molar-refractivity contribution in [2.45, 2.75) is 0 Å². The van der Waals surface area contributed by atoms with E-state index in [0.717, 1.165) is 0 Å². The molecule has 14 heavy (non-hydrogen) atoms. The van der Waals surface area contributed by atoms with Crippen LogP contribution in [0.25, 0.3) is 0 Å². The van der Waals surface area contributed by atoms with Crippen molar-refractivity contribution in [2.24, 2.45) is 0 Å². The SMILES string of the molecule is O=S(=O)(O)CCOCCS(=O)(=O)O.[H-].[Na+]. The van der Waals surface area contributed by atoms with Gasteiger partial charge in [-0.25, -0.2) is 0 Å².